The average molecular weight is 481 g/mol. The molecule has 1 atom stereocenters. The Morgan fingerprint density at radius 2 is 2.03 bits per heavy atom. The lowest BCUT2D eigenvalue weighted by molar-refractivity contribution is -0.126. The van der Waals surface area contributed by atoms with Gasteiger partial charge in [0.05, 0.1) is 18.0 Å². The number of nitrogens with zero attached hydrogens (tertiary/aromatic N) is 6. The summed E-state index contributed by atoms with van der Waals surface area (Å²) in [5, 5.41) is 5.05. The van der Waals surface area contributed by atoms with Crippen molar-refractivity contribution in [2.75, 3.05) is 24.5 Å². The number of fused-ring (bicyclic) bond motifs is 1. The minimum atomic E-state index is -4.22. The number of halogens is 3. The standard InChI is InChI=1S/C23H31F3N6S/c1-16(2)12-32(14-17-11-29-30(3)13-17)18-5-4-7-31(8-6-18)21-20-9-19(10-23(24,25)26)33-22(20)28-15-27-21/h9,11,13,15-16,18H,4-8,10,12,14H2,1-3H3. The fourth-order valence-electron chi connectivity index (χ4n) is 4.69. The Morgan fingerprint density at radius 1 is 1.21 bits per heavy atom. The van der Waals surface area contributed by atoms with Gasteiger partial charge in [-0.25, -0.2) is 9.97 Å². The minimum absolute atomic E-state index is 0.284. The zero-order valence-electron chi connectivity index (χ0n) is 19.3. The molecule has 0 bridgehead atoms. The highest BCUT2D eigenvalue weighted by atomic mass is 32.1. The highest BCUT2D eigenvalue weighted by Gasteiger charge is 2.30. The maximum Gasteiger partial charge on any atom is 0.393 e. The predicted molar refractivity (Wildman–Crippen MR) is 125 cm³/mol. The molecule has 6 nitrogen and oxygen atoms in total. The summed E-state index contributed by atoms with van der Waals surface area (Å²) in [5.41, 5.74) is 1.22. The van der Waals surface area contributed by atoms with Crippen LogP contribution in [0.1, 0.15) is 43.6 Å². The van der Waals surface area contributed by atoms with Crippen molar-refractivity contribution >= 4 is 27.4 Å². The average Bonchev–Trinajstić information content (AvgIpc) is 3.22. The van der Waals surface area contributed by atoms with Crippen molar-refractivity contribution in [3.63, 3.8) is 0 Å². The van der Waals surface area contributed by atoms with Crippen molar-refractivity contribution in [2.45, 2.75) is 58.3 Å². The normalized spacial score (nSPS) is 17.9. The maximum atomic E-state index is 12.9. The molecule has 0 N–H and O–H groups in total. The number of thiophene rings is 1. The number of hydrogen-bond donors (Lipinski definition) is 0. The Morgan fingerprint density at radius 3 is 2.73 bits per heavy atom. The summed E-state index contributed by atoms with van der Waals surface area (Å²) in [7, 11) is 1.94. The Kier molecular flexibility index (Phi) is 7.23. The number of alkyl halides is 3. The molecular formula is C23H31F3N6S. The first-order valence-electron chi connectivity index (χ1n) is 11.4. The van der Waals surface area contributed by atoms with Gasteiger partial charge in [-0.2, -0.15) is 18.3 Å². The van der Waals surface area contributed by atoms with Crippen molar-refractivity contribution in [1.82, 2.24) is 24.6 Å². The van der Waals surface area contributed by atoms with E-state index in [2.05, 4.69) is 44.9 Å². The lowest BCUT2D eigenvalue weighted by Gasteiger charge is -2.32. The van der Waals surface area contributed by atoms with Crippen molar-refractivity contribution < 1.29 is 13.2 Å². The van der Waals surface area contributed by atoms with E-state index in [0.29, 0.717) is 16.8 Å². The minimum Gasteiger partial charge on any atom is -0.356 e. The van der Waals surface area contributed by atoms with Crippen molar-refractivity contribution in [2.24, 2.45) is 13.0 Å². The van der Waals surface area contributed by atoms with Gasteiger partial charge in [0.15, 0.2) is 0 Å². The molecule has 10 heteroatoms. The molecule has 0 spiro atoms. The van der Waals surface area contributed by atoms with Gasteiger partial charge < -0.3 is 4.90 Å². The first-order chi connectivity index (χ1) is 15.7. The van der Waals surface area contributed by atoms with Gasteiger partial charge in [-0.05, 0) is 31.2 Å². The zero-order chi connectivity index (χ0) is 23.6. The third-order valence-corrected chi connectivity index (χ3v) is 7.03. The molecule has 0 aliphatic carbocycles. The van der Waals surface area contributed by atoms with Crippen LogP contribution in [0.4, 0.5) is 19.0 Å². The molecule has 3 aromatic rings. The molecular weight excluding hydrogens is 449 g/mol. The summed E-state index contributed by atoms with van der Waals surface area (Å²) in [6.45, 7) is 8.04. The summed E-state index contributed by atoms with van der Waals surface area (Å²) in [6, 6.07) is 2.07. The second-order valence-corrected chi connectivity index (χ2v) is 10.5. The predicted octanol–water partition coefficient (Wildman–Crippen LogP) is 5.05. The summed E-state index contributed by atoms with van der Waals surface area (Å²) in [4.78, 5) is 14.4. The van der Waals surface area contributed by atoms with Gasteiger partial charge in [0, 0.05) is 55.9 Å². The van der Waals surface area contributed by atoms with E-state index in [0.717, 1.165) is 68.0 Å². The van der Waals surface area contributed by atoms with E-state index < -0.39 is 12.6 Å². The summed E-state index contributed by atoms with van der Waals surface area (Å²) >= 11 is 1.11. The fourth-order valence-corrected chi connectivity index (χ4v) is 5.71. The van der Waals surface area contributed by atoms with E-state index in [9.17, 15) is 13.2 Å². The van der Waals surface area contributed by atoms with Crippen molar-refractivity contribution in [3.05, 3.63) is 35.2 Å². The Bertz CT molecular complexity index is 1060. The van der Waals surface area contributed by atoms with E-state index in [1.165, 1.54) is 11.9 Å². The van der Waals surface area contributed by atoms with Gasteiger partial charge in [-0.1, -0.05) is 13.8 Å². The molecule has 180 valence electrons. The van der Waals surface area contributed by atoms with Gasteiger partial charge in [-0.3, -0.25) is 9.58 Å². The number of rotatable bonds is 7. The Hall–Kier alpha value is -2.20. The smallest absolute Gasteiger partial charge is 0.356 e. The number of aromatic nitrogens is 4. The highest BCUT2D eigenvalue weighted by molar-refractivity contribution is 7.18. The van der Waals surface area contributed by atoms with Crippen LogP contribution in [0.3, 0.4) is 0 Å². The van der Waals surface area contributed by atoms with Crippen molar-refractivity contribution in [1.29, 1.82) is 0 Å². The lowest BCUT2D eigenvalue weighted by atomic mass is 10.0. The van der Waals surface area contributed by atoms with Crippen LogP contribution in [-0.4, -0.2) is 56.5 Å². The Labute approximate surface area is 196 Å². The summed E-state index contributed by atoms with van der Waals surface area (Å²) < 4.78 is 40.5. The quantitative estimate of drug-likeness (QED) is 0.474. The zero-order valence-corrected chi connectivity index (χ0v) is 20.2. The SMILES string of the molecule is CC(C)CN(Cc1cnn(C)c1)C1CCCN(c2ncnc3sc(CC(F)(F)F)cc23)CC1. The third-order valence-electron chi connectivity index (χ3n) is 5.99. The first kappa shape index (κ1) is 23.9. The molecule has 1 aliphatic heterocycles. The fraction of sp³-hybridized carbons (Fsp3) is 0.609. The van der Waals surface area contributed by atoms with E-state index in [1.54, 1.807) is 6.07 Å². The van der Waals surface area contributed by atoms with Crippen LogP contribution in [0.2, 0.25) is 0 Å². The Balaban J connectivity index is 1.50. The van der Waals surface area contributed by atoms with Crippen LogP contribution < -0.4 is 4.90 Å². The molecule has 1 unspecified atom stereocenters. The number of hydrogen-bond acceptors (Lipinski definition) is 6. The van der Waals surface area contributed by atoms with Gasteiger partial charge in [0.2, 0.25) is 0 Å². The molecule has 1 aliphatic rings. The third kappa shape index (κ3) is 6.23. The van der Waals surface area contributed by atoms with Gasteiger partial charge in [0.1, 0.15) is 17.0 Å². The molecule has 33 heavy (non-hydrogen) atoms. The van der Waals surface area contributed by atoms with E-state index in [1.807, 2.05) is 17.9 Å². The van der Waals surface area contributed by atoms with Crippen LogP contribution in [-0.2, 0) is 20.0 Å². The molecule has 0 saturated carbocycles. The molecule has 4 heterocycles. The lowest BCUT2D eigenvalue weighted by Crippen LogP contribution is -2.38. The van der Waals surface area contributed by atoms with Crippen LogP contribution in [0.5, 0.6) is 0 Å². The second kappa shape index (κ2) is 9.97. The number of anilines is 1. The molecule has 3 aromatic heterocycles. The molecule has 4 rings (SSSR count). The van der Waals surface area contributed by atoms with Crippen molar-refractivity contribution in [3.8, 4) is 0 Å². The first-order valence-corrected chi connectivity index (χ1v) is 12.3. The van der Waals surface area contributed by atoms with E-state index in [-0.39, 0.29) is 4.88 Å². The van der Waals surface area contributed by atoms with Crippen LogP contribution in [0.15, 0.2) is 24.8 Å². The molecule has 0 amide bonds. The topological polar surface area (TPSA) is 50.1 Å². The highest BCUT2D eigenvalue weighted by Crippen LogP contribution is 2.34. The molecule has 1 fully saturated rings. The maximum absolute atomic E-state index is 12.9. The molecule has 0 radical (unpaired) electrons. The summed E-state index contributed by atoms with van der Waals surface area (Å²) in [5.74, 6) is 1.31. The van der Waals surface area contributed by atoms with Gasteiger partial charge in [0.25, 0.3) is 0 Å². The summed E-state index contributed by atoms with van der Waals surface area (Å²) in [6.07, 6.45) is 3.41. The monoisotopic (exact) mass is 480 g/mol. The van der Waals surface area contributed by atoms with Gasteiger partial charge in [-0.15, -0.1) is 11.3 Å². The van der Waals surface area contributed by atoms with E-state index >= 15 is 0 Å². The second-order valence-electron chi connectivity index (χ2n) is 9.34. The number of aryl methyl sites for hydroxylation is 1. The van der Waals surface area contributed by atoms with Crippen LogP contribution in [0.25, 0.3) is 10.2 Å². The molecule has 1 saturated heterocycles. The van der Waals surface area contributed by atoms with E-state index in [4.69, 9.17) is 0 Å². The van der Waals surface area contributed by atoms with Gasteiger partial charge >= 0.3 is 6.18 Å². The largest absolute Gasteiger partial charge is 0.393 e. The van der Waals surface area contributed by atoms with Crippen LogP contribution >= 0.6 is 11.3 Å². The molecule has 0 aromatic carbocycles. The van der Waals surface area contributed by atoms with Crippen LogP contribution in [0, 0.1) is 5.92 Å².